The molecule has 0 aliphatic carbocycles. The van der Waals surface area contributed by atoms with Crippen LogP contribution in [0.25, 0.3) is 10.9 Å². The van der Waals surface area contributed by atoms with E-state index < -0.39 is 9.05 Å². The lowest BCUT2D eigenvalue weighted by Crippen LogP contribution is -2.26. The zero-order chi connectivity index (χ0) is 12.9. The third kappa shape index (κ3) is 1.92. The van der Waals surface area contributed by atoms with E-state index in [0.29, 0.717) is 0 Å². The summed E-state index contributed by atoms with van der Waals surface area (Å²) in [6.45, 7) is 1.85. The van der Waals surface area contributed by atoms with Gasteiger partial charge in [0.15, 0.2) is 0 Å². The Bertz CT molecular complexity index is 721. The summed E-state index contributed by atoms with van der Waals surface area (Å²) in [5, 5.41) is 0.957. The van der Waals surface area contributed by atoms with Crippen molar-refractivity contribution in [1.29, 1.82) is 0 Å². The zero-order valence-electron chi connectivity index (χ0n) is 9.90. The summed E-state index contributed by atoms with van der Waals surface area (Å²) in [6, 6.07) is 4.98. The van der Waals surface area contributed by atoms with Gasteiger partial charge in [-0.1, -0.05) is 0 Å². The molecule has 0 bridgehead atoms. The molecule has 0 radical (unpaired) electrons. The Morgan fingerprint density at radius 2 is 2.17 bits per heavy atom. The molecular weight excluding hydrogens is 272 g/mol. The third-order valence-corrected chi connectivity index (χ3v) is 4.77. The molecule has 1 N–H and O–H groups in total. The van der Waals surface area contributed by atoms with Crippen LogP contribution in [0.4, 0.5) is 0 Å². The number of H-pyrrole nitrogens is 1. The maximum atomic E-state index is 11.4. The Morgan fingerprint density at radius 1 is 1.39 bits per heavy atom. The molecule has 0 unspecified atom stereocenters. The molecule has 4 nitrogen and oxygen atoms in total. The van der Waals surface area contributed by atoms with Crippen LogP contribution in [0.2, 0.25) is 0 Å². The van der Waals surface area contributed by atoms with Crippen molar-refractivity contribution in [2.45, 2.75) is 17.9 Å². The number of aromatic nitrogens is 1. The molecule has 2 heterocycles. The van der Waals surface area contributed by atoms with Gasteiger partial charge in [0.2, 0.25) is 0 Å². The fourth-order valence-electron chi connectivity index (χ4n) is 2.48. The highest BCUT2D eigenvalue weighted by Gasteiger charge is 2.20. The van der Waals surface area contributed by atoms with Crippen LogP contribution >= 0.6 is 10.7 Å². The first kappa shape index (κ1) is 12.0. The fourth-order valence-corrected chi connectivity index (χ4v) is 3.26. The maximum absolute atomic E-state index is 11.4. The van der Waals surface area contributed by atoms with Gasteiger partial charge >= 0.3 is 0 Å². The summed E-state index contributed by atoms with van der Waals surface area (Å²) in [6.07, 6.45) is 0.962. The second-order valence-corrected chi connectivity index (χ2v) is 7.28. The molecule has 18 heavy (non-hydrogen) atoms. The van der Waals surface area contributed by atoms with E-state index in [4.69, 9.17) is 10.7 Å². The first-order valence-electron chi connectivity index (χ1n) is 5.72. The Morgan fingerprint density at radius 3 is 2.89 bits per heavy atom. The van der Waals surface area contributed by atoms with Crippen LogP contribution < -0.4 is 0 Å². The Labute approximate surface area is 110 Å². The van der Waals surface area contributed by atoms with Gasteiger partial charge < -0.3 is 9.88 Å². The van der Waals surface area contributed by atoms with Crippen molar-refractivity contribution in [1.82, 2.24) is 9.88 Å². The minimum Gasteiger partial charge on any atom is -0.358 e. The van der Waals surface area contributed by atoms with Crippen LogP contribution in [0.15, 0.2) is 23.1 Å². The molecule has 1 aromatic heterocycles. The van der Waals surface area contributed by atoms with Crippen molar-refractivity contribution in [3.05, 3.63) is 29.5 Å². The number of aromatic amines is 1. The lowest BCUT2D eigenvalue weighted by Gasteiger charge is -2.22. The molecule has 0 amide bonds. The highest BCUT2D eigenvalue weighted by atomic mass is 35.7. The molecule has 0 saturated carbocycles. The molecule has 96 valence electrons. The van der Waals surface area contributed by atoms with Crippen molar-refractivity contribution in [3.8, 4) is 0 Å². The Balaban J connectivity index is 2.24. The number of rotatable bonds is 1. The van der Waals surface area contributed by atoms with Crippen molar-refractivity contribution < 1.29 is 8.42 Å². The second-order valence-electron chi connectivity index (χ2n) is 4.72. The quantitative estimate of drug-likeness (QED) is 0.816. The van der Waals surface area contributed by atoms with E-state index in [1.165, 1.54) is 17.3 Å². The van der Waals surface area contributed by atoms with E-state index in [1.54, 1.807) is 12.1 Å². The van der Waals surface area contributed by atoms with E-state index in [0.717, 1.165) is 30.4 Å². The molecule has 3 rings (SSSR count). The van der Waals surface area contributed by atoms with Crippen LogP contribution in [0.1, 0.15) is 11.3 Å². The molecule has 6 heteroatoms. The van der Waals surface area contributed by atoms with Gasteiger partial charge in [-0.15, -0.1) is 0 Å². The zero-order valence-corrected chi connectivity index (χ0v) is 11.5. The summed E-state index contributed by atoms with van der Waals surface area (Å²) in [5.74, 6) is 0. The van der Waals surface area contributed by atoms with Gasteiger partial charge in [-0.2, -0.15) is 0 Å². The highest BCUT2D eigenvalue weighted by Crippen LogP contribution is 2.29. The molecular formula is C12H13ClN2O2S. The van der Waals surface area contributed by atoms with E-state index in [-0.39, 0.29) is 4.90 Å². The van der Waals surface area contributed by atoms with Crippen LogP contribution in [0, 0.1) is 0 Å². The molecule has 2 aromatic rings. The van der Waals surface area contributed by atoms with Gasteiger partial charge in [-0.3, -0.25) is 0 Å². The summed E-state index contributed by atoms with van der Waals surface area (Å²) in [5.41, 5.74) is 3.35. The average Bonchev–Trinajstić information content (AvgIpc) is 2.65. The molecule has 1 aromatic carbocycles. The predicted molar refractivity (Wildman–Crippen MR) is 71.4 cm³/mol. The molecule has 0 fully saturated rings. The standard InChI is InChI=1S/C12H13ClN2O2S/c1-15-5-4-12-10(7-15)9-6-8(18(13,16)17)2-3-11(9)14-12/h2-3,6,14H,4-5,7H2,1H3. The summed E-state index contributed by atoms with van der Waals surface area (Å²) >= 11 is 0. The van der Waals surface area contributed by atoms with Gasteiger partial charge in [-0.05, 0) is 30.8 Å². The molecule has 0 spiro atoms. The van der Waals surface area contributed by atoms with Gasteiger partial charge in [0.05, 0.1) is 4.90 Å². The average molecular weight is 285 g/mol. The van der Waals surface area contributed by atoms with Gasteiger partial charge in [0, 0.05) is 46.8 Å². The van der Waals surface area contributed by atoms with Crippen molar-refractivity contribution in [2.24, 2.45) is 0 Å². The lowest BCUT2D eigenvalue weighted by molar-refractivity contribution is 0.313. The molecule has 1 aliphatic heterocycles. The number of fused-ring (bicyclic) bond motifs is 3. The molecule has 0 atom stereocenters. The summed E-state index contributed by atoms with van der Waals surface area (Å²) in [7, 11) is 3.78. The number of hydrogen-bond acceptors (Lipinski definition) is 3. The maximum Gasteiger partial charge on any atom is 0.261 e. The fraction of sp³-hybridized carbons (Fsp3) is 0.333. The third-order valence-electron chi connectivity index (χ3n) is 3.42. The number of benzene rings is 1. The summed E-state index contributed by atoms with van der Waals surface area (Å²) in [4.78, 5) is 5.73. The second kappa shape index (κ2) is 3.98. The van der Waals surface area contributed by atoms with Gasteiger partial charge in [-0.25, -0.2) is 8.42 Å². The largest absolute Gasteiger partial charge is 0.358 e. The monoisotopic (exact) mass is 284 g/mol. The van der Waals surface area contributed by atoms with Gasteiger partial charge in [0.25, 0.3) is 9.05 Å². The van der Waals surface area contributed by atoms with Crippen LogP contribution in [0.5, 0.6) is 0 Å². The first-order valence-corrected chi connectivity index (χ1v) is 8.03. The number of hydrogen-bond donors (Lipinski definition) is 1. The Hall–Kier alpha value is -1.04. The van der Waals surface area contributed by atoms with E-state index in [9.17, 15) is 8.42 Å². The smallest absolute Gasteiger partial charge is 0.261 e. The SMILES string of the molecule is CN1CCc2[nH]c3ccc(S(=O)(=O)Cl)cc3c2C1. The van der Waals surface area contributed by atoms with Crippen LogP contribution in [-0.4, -0.2) is 31.9 Å². The minimum absolute atomic E-state index is 0.159. The van der Waals surface area contributed by atoms with Crippen LogP contribution in [0.3, 0.4) is 0 Å². The van der Waals surface area contributed by atoms with E-state index >= 15 is 0 Å². The highest BCUT2D eigenvalue weighted by molar-refractivity contribution is 8.13. The van der Waals surface area contributed by atoms with Crippen molar-refractivity contribution in [3.63, 3.8) is 0 Å². The first-order chi connectivity index (χ1) is 8.45. The number of likely N-dealkylation sites (N-methyl/N-ethyl adjacent to an activating group) is 1. The predicted octanol–water partition coefficient (Wildman–Crippen LogP) is 2.08. The van der Waals surface area contributed by atoms with E-state index in [1.807, 2.05) is 0 Å². The lowest BCUT2D eigenvalue weighted by atomic mass is 10.1. The minimum atomic E-state index is -3.67. The molecule has 1 aliphatic rings. The number of nitrogens with zero attached hydrogens (tertiary/aromatic N) is 1. The topological polar surface area (TPSA) is 53.2 Å². The Kier molecular flexibility index (Phi) is 2.66. The van der Waals surface area contributed by atoms with Crippen LogP contribution in [-0.2, 0) is 22.0 Å². The van der Waals surface area contributed by atoms with Crippen molar-refractivity contribution in [2.75, 3.05) is 13.6 Å². The number of halogens is 1. The van der Waals surface area contributed by atoms with E-state index in [2.05, 4.69) is 16.9 Å². The molecule has 0 saturated heterocycles. The normalized spacial score (nSPS) is 17.0. The summed E-state index contributed by atoms with van der Waals surface area (Å²) < 4.78 is 22.8. The van der Waals surface area contributed by atoms with Gasteiger partial charge in [0.1, 0.15) is 0 Å². The number of nitrogens with one attached hydrogen (secondary N) is 1. The van der Waals surface area contributed by atoms with Crippen molar-refractivity contribution >= 4 is 30.6 Å².